The molecule has 0 aliphatic rings. The molecule has 0 saturated heterocycles. The van der Waals surface area contributed by atoms with Gasteiger partial charge in [0.1, 0.15) is 0 Å². The minimum atomic E-state index is -1.75. The maximum absolute atomic E-state index is 8.61. The molecule has 181 valence electrons. The predicted octanol–water partition coefficient (Wildman–Crippen LogP) is 5.32. The zero-order valence-corrected chi connectivity index (χ0v) is 25.1. The van der Waals surface area contributed by atoms with E-state index in [0.29, 0.717) is 6.61 Å². The molecule has 0 saturated carbocycles. The average molecular weight is 465 g/mol. The summed E-state index contributed by atoms with van der Waals surface area (Å²) in [4.78, 5) is 0. The summed E-state index contributed by atoms with van der Waals surface area (Å²) in [6.07, 6.45) is 13.4. The molecule has 0 aliphatic carbocycles. The van der Waals surface area contributed by atoms with Crippen LogP contribution in [0, 0.1) is 34.6 Å². The van der Waals surface area contributed by atoms with Crippen LogP contribution in [0.25, 0.3) is 0 Å². The predicted molar refractivity (Wildman–Crippen MR) is 127 cm³/mol. The van der Waals surface area contributed by atoms with E-state index < -0.39 is 19.5 Å². The molecule has 0 heterocycles. The van der Waals surface area contributed by atoms with Gasteiger partial charge in [-0.1, -0.05) is 80.1 Å². The van der Waals surface area contributed by atoms with Crippen molar-refractivity contribution in [1.29, 1.82) is 0 Å². The van der Waals surface area contributed by atoms with Crippen molar-refractivity contribution in [2.45, 2.75) is 119 Å². The van der Waals surface area contributed by atoms with Crippen LogP contribution in [0.3, 0.4) is 0 Å². The number of hydrogen-bond acceptors (Lipinski definition) is 2. The molecular formula is C24H57NaO3Ti-5. The second-order valence-electron chi connectivity index (χ2n) is 5.44. The Hall–Kier alpha value is 1.43. The van der Waals surface area contributed by atoms with E-state index in [4.69, 9.17) is 12.1 Å². The Balaban J connectivity index is -0.0000000243. The Morgan fingerprint density at radius 3 is 0.759 bits per heavy atom. The number of rotatable bonds is 7. The summed E-state index contributed by atoms with van der Waals surface area (Å²) in [5.41, 5.74) is 0. The van der Waals surface area contributed by atoms with Crippen molar-refractivity contribution >= 4 is 0 Å². The summed E-state index contributed by atoms with van der Waals surface area (Å²) in [7, 11) is 0. The second kappa shape index (κ2) is 99.9. The third kappa shape index (κ3) is 311. The van der Waals surface area contributed by atoms with Crippen molar-refractivity contribution in [3.8, 4) is 0 Å². The normalized spacial score (nSPS) is 6.93. The fourth-order valence-electron chi connectivity index (χ4n) is 0.158. The molecule has 5 heteroatoms. The van der Waals surface area contributed by atoms with E-state index in [9.17, 15) is 0 Å². The molecule has 0 radical (unpaired) electrons. The van der Waals surface area contributed by atoms with E-state index in [1.54, 1.807) is 0 Å². The Labute approximate surface area is 221 Å². The molecule has 0 atom stereocenters. The molecule has 0 fully saturated rings. The van der Waals surface area contributed by atoms with E-state index >= 15 is 0 Å². The van der Waals surface area contributed by atoms with Gasteiger partial charge >= 0.3 is 56.1 Å². The van der Waals surface area contributed by atoms with Gasteiger partial charge in [0.05, 0.1) is 0 Å². The van der Waals surface area contributed by atoms with Gasteiger partial charge in [0.15, 0.2) is 0 Å². The van der Waals surface area contributed by atoms with E-state index in [0.717, 1.165) is 44.9 Å². The third-order valence-electron chi connectivity index (χ3n) is 2.28. The van der Waals surface area contributed by atoms with E-state index in [-0.39, 0.29) is 31.0 Å². The summed E-state index contributed by atoms with van der Waals surface area (Å²) < 4.78 is 15.8. The summed E-state index contributed by atoms with van der Waals surface area (Å²) in [5.74, 6) is 0. The molecule has 0 aliphatic heterocycles. The molecule has 0 aromatic heterocycles. The van der Waals surface area contributed by atoms with Crippen molar-refractivity contribution in [2.24, 2.45) is 0 Å². The van der Waals surface area contributed by atoms with Crippen molar-refractivity contribution in [3.63, 3.8) is 0 Å². The third-order valence-corrected chi connectivity index (χ3v) is 2.28. The van der Waals surface area contributed by atoms with Crippen LogP contribution in [0.1, 0.15) is 120 Å². The first kappa shape index (κ1) is 52.4. The molecule has 0 aromatic carbocycles. The number of unbranched alkanes of at least 4 members (excludes halogenated alkanes) is 6. The van der Waals surface area contributed by atoms with E-state index in [2.05, 4.69) is 76.2 Å². The first-order chi connectivity index (χ1) is 13.4. The summed E-state index contributed by atoms with van der Waals surface area (Å²) in [6, 6.07) is 0. The molecule has 2 N–H and O–H groups in total. The summed E-state index contributed by atoms with van der Waals surface area (Å²) >= 11 is -1.75. The molecule has 0 rings (SSSR count). The van der Waals surface area contributed by atoms with E-state index in [1.807, 2.05) is 0 Å². The molecule has 0 spiro atoms. The second-order valence-corrected chi connectivity index (χ2v) is 5.72. The molecule has 0 aromatic rings. The summed E-state index contributed by atoms with van der Waals surface area (Å²) in [5, 5.41) is 8.07. The zero-order chi connectivity index (χ0) is 23.9. The number of aliphatic hydroxyl groups is 1. The number of aliphatic hydroxyl groups excluding tert-OH is 1. The molecule has 29 heavy (non-hydrogen) atoms. The van der Waals surface area contributed by atoms with Crippen LogP contribution in [0.15, 0.2) is 0 Å². The van der Waals surface area contributed by atoms with Gasteiger partial charge in [0.2, 0.25) is 0 Å². The van der Waals surface area contributed by atoms with Crippen molar-refractivity contribution < 1.29 is 62.6 Å². The molecular weight excluding hydrogens is 407 g/mol. The maximum atomic E-state index is 8.61. The van der Waals surface area contributed by atoms with Gasteiger partial charge in [-0.15, -0.1) is 0 Å². The van der Waals surface area contributed by atoms with Crippen molar-refractivity contribution in [2.75, 3.05) is 6.61 Å². The van der Waals surface area contributed by atoms with Gasteiger partial charge in [-0.3, -0.25) is 0 Å². The molecule has 0 unspecified atom stereocenters. The topological polar surface area (TPSA) is 57.5 Å². The molecule has 0 amide bonds. The monoisotopic (exact) mass is 464 g/mol. The van der Waals surface area contributed by atoms with Gasteiger partial charge in [0, 0.05) is 6.61 Å². The molecule has 3 nitrogen and oxygen atoms in total. The van der Waals surface area contributed by atoms with E-state index in [1.165, 1.54) is 32.1 Å². The Bertz CT molecular complexity index is 123. The van der Waals surface area contributed by atoms with Crippen molar-refractivity contribution in [3.05, 3.63) is 34.6 Å². The fraction of sp³-hybridized carbons (Fsp3) is 0.792. The van der Waals surface area contributed by atoms with Crippen LogP contribution >= 0.6 is 0 Å². The Kier molecular flexibility index (Phi) is 180. The van der Waals surface area contributed by atoms with Gasteiger partial charge in [-0.2, -0.15) is 32.1 Å². The quantitative estimate of drug-likeness (QED) is 0.396. The standard InChI is InChI=1S/C4H10O.5C4H9.Na.H2O.O.Ti.H/c1-2-3-4-5;5*1-3-4-2;;;;;/h5H,2-4H2,1H3;5*1,3-4H2,2H3;;1H2;;;/q;5*-1;+1;;;+1;-1/p-1. The van der Waals surface area contributed by atoms with Gasteiger partial charge in [-0.25, -0.2) is 0 Å². The van der Waals surface area contributed by atoms with Gasteiger partial charge in [-0.05, 0) is 6.42 Å². The first-order valence-electron chi connectivity index (χ1n) is 11.0. The van der Waals surface area contributed by atoms with Gasteiger partial charge < -0.3 is 41.2 Å². The Morgan fingerprint density at radius 2 is 0.759 bits per heavy atom. The summed E-state index contributed by atoms with van der Waals surface area (Å²) in [6.45, 7) is 31.0. The first-order valence-corrected chi connectivity index (χ1v) is 12.3. The van der Waals surface area contributed by atoms with Crippen LogP contribution in [0.4, 0.5) is 0 Å². The molecule has 0 bridgehead atoms. The van der Waals surface area contributed by atoms with Crippen LogP contribution in [0.5, 0.6) is 0 Å². The number of hydrogen-bond donors (Lipinski definition) is 2. The van der Waals surface area contributed by atoms with Crippen molar-refractivity contribution in [1.82, 2.24) is 0 Å². The Morgan fingerprint density at radius 1 is 0.621 bits per heavy atom. The van der Waals surface area contributed by atoms with Crippen LogP contribution < -0.4 is 29.6 Å². The van der Waals surface area contributed by atoms with Crippen LogP contribution in [0.2, 0.25) is 0 Å². The van der Waals surface area contributed by atoms with Crippen LogP contribution in [-0.2, 0) is 22.8 Å². The SMILES string of the molecule is CCCCO.[CH2-]CCC.[CH2-]CCC.[CH2-]CCC.[CH2-]CCC.[CH2-]CCC.[H-].[Na+].[O]=[Ti][OH]. The minimum absolute atomic E-state index is 0. The van der Waals surface area contributed by atoms with Crippen LogP contribution in [-0.4, -0.2) is 15.4 Å². The fourth-order valence-corrected chi connectivity index (χ4v) is 0.158. The zero-order valence-electron chi connectivity index (χ0n) is 22.5. The average Bonchev–Trinajstić information content (AvgIpc) is 2.75. The van der Waals surface area contributed by atoms with Gasteiger partial charge in [0.25, 0.3) is 0 Å².